The molecule has 20 heavy (non-hydrogen) atoms. The van der Waals surface area contributed by atoms with Gasteiger partial charge in [0.15, 0.2) is 0 Å². The highest BCUT2D eigenvalue weighted by Gasteiger charge is 2.24. The van der Waals surface area contributed by atoms with Crippen molar-refractivity contribution in [3.63, 3.8) is 0 Å². The number of amides is 1. The van der Waals surface area contributed by atoms with Gasteiger partial charge in [-0.2, -0.15) is 0 Å². The van der Waals surface area contributed by atoms with E-state index in [-0.39, 0.29) is 24.4 Å². The van der Waals surface area contributed by atoms with E-state index in [0.29, 0.717) is 19.0 Å². The minimum Gasteiger partial charge on any atom is -0.396 e. The van der Waals surface area contributed by atoms with Crippen LogP contribution in [0.25, 0.3) is 0 Å². The van der Waals surface area contributed by atoms with Crippen LogP contribution in [0.4, 0.5) is 15.8 Å². The Morgan fingerprint density at radius 1 is 1.55 bits per heavy atom. The molecule has 110 valence electrons. The second-order valence-corrected chi connectivity index (χ2v) is 4.11. The molecule has 0 aliphatic rings. The molecule has 7 nitrogen and oxygen atoms in total. The van der Waals surface area contributed by atoms with Gasteiger partial charge in [-0.15, -0.1) is 0 Å². The lowest BCUT2D eigenvalue weighted by atomic mass is 10.1. The number of halogens is 1. The van der Waals surface area contributed by atoms with Gasteiger partial charge in [-0.05, 0) is 19.4 Å². The average Bonchev–Trinajstić information content (AvgIpc) is 2.41. The highest BCUT2D eigenvalue weighted by Crippen LogP contribution is 2.27. The first-order chi connectivity index (χ1) is 9.42. The fourth-order valence-electron chi connectivity index (χ4n) is 1.77. The van der Waals surface area contributed by atoms with E-state index in [1.54, 1.807) is 6.92 Å². The fraction of sp³-hybridized carbons (Fsp3) is 0.417. The van der Waals surface area contributed by atoms with E-state index in [2.05, 4.69) is 0 Å². The first-order valence-electron chi connectivity index (χ1n) is 6.05. The average molecular weight is 285 g/mol. The number of anilines is 1. The number of aliphatic hydroxyl groups excluding tert-OH is 1. The number of nitro groups is 1. The zero-order chi connectivity index (χ0) is 15.3. The molecule has 0 aromatic heterocycles. The van der Waals surface area contributed by atoms with Crippen molar-refractivity contribution in [2.24, 2.45) is 0 Å². The van der Waals surface area contributed by atoms with Crippen LogP contribution in [0.1, 0.15) is 23.7 Å². The summed E-state index contributed by atoms with van der Waals surface area (Å²) in [7, 11) is 0. The van der Waals surface area contributed by atoms with Crippen molar-refractivity contribution in [3.8, 4) is 0 Å². The van der Waals surface area contributed by atoms with E-state index in [4.69, 9.17) is 10.8 Å². The maximum atomic E-state index is 13.4. The summed E-state index contributed by atoms with van der Waals surface area (Å²) in [6, 6.07) is 1.56. The lowest BCUT2D eigenvalue weighted by Gasteiger charge is -2.21. The van der Waals surface area contributed by atoms with Crippen LogP contribution in [0.5, 0.6) is 0 Å². The molecule has 0 unspecified atom stereocenters. The highest BCUT2D eigenvalue weighted by atomic mass is 19.1. The van der Waals surface area contributed by atoms with Crippen LogP contribution in [0.3, 0.4) is 0 Å². The Kier molecular flexibility index (Phi) is 5.39. The molecular formula is C12H16FN3O4. The third kappa shape index (κ3) is 3.41. The fourth-order valence-corrected chi connectivity index (χ4v) is 1.77. The van der Waals surface area contributed by atoms with Gasteiger partial charge in [-0.1, -0.05) is 0 Å². The number of nitrogen functional groups attached to an aromatic ring is 1. The number of hydrogen-bond donors (Lipinski definition) is 2. The van der Waals surface area contributed by atoms with Crippen LogP contribution in [-0.4, -0.2) is 40.5 Å². The van der Waals surface area contributed by atoms with Crippen molar-refractivity contribution < 1.29 is 19.2 Å². The van der Waals surface area contributed by atoms with Crippen LogP contribution >= 0.6 is 0 Å². The smallest absolute Gasteiger partial charge is 0.295 e. The van der Waals surface area contributed by atoms with Gasteiger partial charge in [0.2, 0.25) is 0 Å². The van der Waals surface area contributed by atoms with Crippen LogP contribution in [0.2, 0.25) is 0 Å². The molecule has 0 atom stereocenters. The second kappa shape index (κ2) is 6.80. The molecule has 0 aliphatic carbocycles. The number of rotatable bonds is 6. The van der Waals surface area contributed by atoms with Crippen molar-refractivity contribution in [2.75, 3.05) is 25.4 Å². The number of benzene rings is 1. The molecule has 8 heteroatoms. The molecule has 0 saturated carbocycles. The third-order valence-corrected chi connectivity index (χ3v) is 2.81. The molecule has 0 bridgehead atoms. The summed E-state index contributed by atoms with van der Waals surface area (Å²) in [6.45, 7) is 2.19. The van der Waals surface area contributed by atoms with E-state index >= 15 is 0 Å². The largest absolute Gasteiger partial charge is 0.396 e. The molecule has 1 aromatic rings. The number of nitro benzene ring substituents is 1. The number of carbonyl (C=O) groups is 1. The van der Waals surface area contributed by atoms with E-state index in [1.165, 1.54) is 4.90 Å². The molecule has 3 N–H and O–H groups in total. The van der Waals surface area contributed by atoms with Gasteiger partial charge in [0.05, 0.1) is 16.6 Å². The van der Waals surface area contributed by atoms with E-state index in [0.717, 1.165) is 6.07 Å². The van der Waals surface area contributed by atoms with Gasteiger partial charge in [-0.25, -0.2) is 4.39 Å². The van der Waals surface area contributed by atoms with Crippen molar-refractivity contribution in [1.29, 1.82) is 0 Å². The molecular weight excluding hydrogens is 269 g/mol. The molecule has 0 aliphatic heterocycles. The van der Waals surface area contributed by atoms with Gasteiger partial charge in [0.1, 0.15) is 11.5 Å². The summed E-state index contributed by atoms with van der Waals surface area (Å²) >= 11 is 0. The SMILES string of the molecule is CCN(CCCO)C(=O)c1cc(F)cc([N+](=O)[O-])c1N. The van der Waals surface area contributed by atoms with Crippen molar-refractivity contribution in [2.45, 2.75) is 13.3 Å². The van der Waals surface area contributed by atoms with Gasteiger partial charge in [0.25, 0.3) is 11.6 Å². The monoisotopic (exact) mass is 285 g/mol. The zero-order valence-electron chi connectivity index (χ0n) is 11.0. The van der Waals surface area contributed by atoms with Crippen molar-refractivity contribution in [3.05, 3.63) is 33.6 Å². The number of nitrogens with two attached hydrogens (primary N) is 1. The molecule has 0 saturated heterocycles. The van der Waals surface area contributed by atoms with Gasteiger partial charge in [0, 0.05) is 19.7 Å². The molecule has 0 fully saturated rings. The van der Waals surface area contributed by atoms with Gasteiger partial charge < -0.3 is 15.7 Å². The number of nitrogens with zero attached hydrogens (tertiary/aromatic N) is 2. The normalized spacial score (nSPS) is 10.3. The topological polar surface area (TPSA) is 110 Å². The minimum atomic E-state index is -0.896. The summed E-state index contributed by atoms with van der Waals surface area (Å²) in [4.78, 5) is 23.5. The number of carbonyl (C=O) groups excluding carboxylic acids is 1. The summed E-state index contributed by atoms with van der Waals surface area (Å²) in [5.74, 6) is -1.49. The maximum Gasteiger partial charge on any atom is 0.295 e. The molecule has 1 rings (SSSR count). The van der Waals surface area contributed by atoms with Crippen LogP contribution in [0, 0.1) is 15.9 Å². The third-order valence-electron chi connectivity index (χ3n) is 2.81. The second-order valence-electron chi connectivity index (χ2n) is 4.11. The standard InChI is InChI=1S/C12H16FN3O4/c1-2-15(4-3-5-17)12(18)9-6-8(13)7-10(11(9)14)16(19)20/h6-7,17H,2-5,14H2,1H3. The molecule has 0 spiro atoms. The molecule has 0 radical (unpaired) electrons. The van der Waals surface area contributed by atoms with E-state index in [1.807, 2.05) is 0 Å². The lowest BCUT2D eigenvalue weighted by Crippen LogP contribution is -2.33. The summed E-state index contributed by atoms with van der Waals surface area (Å²) < 4.78 is 13.4. The van der Waals surface area contributed by atoms with Crippen molar-refractivity contribution in [1.82, 2.24) is 4.90 Å². The van der Waals surface area contributed by atoms with Crippen LogP contribution in [0.15, 0.2) is 12.1 Å². The molecule has 1 amide bonds. The first-order valence-corrected chi connectivity index (χ1v) is 6.05. The quantitative estimate of drug-likeness (QED) is 0.463. The Labute approximate surface area is 114 Å². The summed E-state index contributed by atoms with van der Waals surface area (Å²) in [5.41, 5.74) is 4.34. The van der Waals surface area contributed by atoms with Crippen LogP contribution < -0.4 is 5.73 Å². The highest BCUT2D eigenvalue weighted by molar-refractivity contribution is 6.01. The van der Waals surface area contributed by atoms with Crippen molar-refractivity contribution >= 4 is 17.3 Å². The predicted molar refractivity (Wildman–Crippen MR) is 70.7 cm³/mol. The van der Waals surface area contributed by atoms with Gasteiger partial charge in [-0.3, -0.25) is 14.9 Å². The molecule has 0 heterocycles. The van der Waals surface area contributed by atoms with E-state index in [9.17, 15) is 19.3 Å². The number of aliphatic hydroxyl groups is 1. The maximum absolute atomic E-state index is 13.4. The predicted octanol–water partition coefficient (Wildman–Crippen LogP) is 1.16. The Morgan fingerprint density at radius 2 is 2.20 bits per heavy atom. The first kappa shape index (κ1) is 15.8. The van der Waals surface area contributed by atoms with Gasteiger partial charge >= 0.3 is 0 Å². The minimum absolute atomic E-state index is 0.0947. The Morgan fingerprint density at radius 3 is 2.70 bits per heavy atom. The summed E-state index contributed by atoms with van der Waals surface area (Å²) in [6.07, 6.45) is 0.358. The van der Waals surface area contributed by atoms with Crippen LogP contribution in [-0.2, 0) is 0 Å². The Bertz CT molecular complexity index is 522. The van der Waals surface area contributed by atoms with E-state index < -0.39 is 22.3 Å². The zero-order valence-corrected chi connectivity index (χ0v) is 11.0. The molecule has 1 aromatic carbocycles. The number of hydrogen-bond acceptors (Lipinski definition) is 5. The lowest BCUT2D eigenvalue weighted by molar-refractivity contribution is -0.384. The Balaban J connectivity index is 3.17. The summed E-state index contributed by atoms with van der Waals surface area (Å²) in [5, 5.41) is 19.5. The Hall–Kier alpha value is -2.22.